The second-order valence-electron chi connectivity index (χ2n) is 20.9. The number of nitrogens with zero attached hydrogens (tertiary/aromatic N) is 4. The number of para-hydroxylation sites is 6. The molecule has 0 saturated heterocycles. The first-order chi connectivity index (χ1) is 40.7. The van der Waals surface area contributed by atoms with Crippen LogP contribution in [0.25, 0.3) is 99.5 Å². The first-order valence-electron chi connectivity index (χ1n) is 28.1. The van der Waals surface area contributed by atoms with Gasteiger partial charge in [-0.05, 0) is 166 Å². The summed E-state index contributed by atoms with van der Waals surface area (Å²) in [5, 5.41) is 5.00. The van der Waals surface area contributed by atoms with Crippen molar-refractivity contribution in [1.29, 1.82) is 0 Å². The molecule has 386 valence electrons. The van der Waals surface area contributed by atoms with Crippen LogP contribution >= 0.6 is 0 Å². The smallest absolute Gasteiger partial charge is 0.0547 e. The number of benzene rings is 13. The van der Waals surface area contributed by atoms with Crippen molar-refractivity contribution >= 4 is 77.7 Å². The molecule has 0 radical (unpaired) electrons. The van der Waals surface area contributed by atoms with Crippen LogP contribution < -0.4 is 9.80 Å². The Labute approximate surface area is 477 Å². The number of hydrogen-bond donors (Lipinski definition) is 0. The van der Waals surface area contributed by atoms with Crippen LogP contribution in [0.15, 0.2) is 328 Å². The van der Waals surface area contributed by atoms with Gasteiger partial charge < -0.3 is 18.9 Å². The summed E-state index contributed by atoms with van der Waals surface area (Å²) in [5.74, 6) is 0. The third-order valence-corrected chi connectivity index (χ3v) is 16.1. The second-order valence-corrected chi connectivity index (χ2v) is 20.9. The maximum Gasteiger partial charge on any atom is 0.0547 e. The summed E-state index contributed by atoms with van der Waals surface area (Å²) in [7, 11) is 0. The van der Waals surface area contributed by atoms with Gasteiger partial charge in [0, 0.05) is 67.0 Å². The fraction of sp³-hybridized carbons (Fsp3) is 0. The molecule has 0 aliphatic rings. The maximum atomic E-state index is 2.38. The monoisotopic (exact) mass is 1050 g/mol. The van der Waals surface area contributed by atoms with E-state index in [-0.39, 0.29) is 0 Å². The van der Waals surface area contributed by atoms with E-state index >= 15 is 0 Å². The van der Waals surface area contributed by atoms with Crippen LogP contribution in [0.2, 0.25) is 0 Å². The van der Waals surface area contributed by atoms with Crippen LogP contribution in [0.3, 0.4) is 0 Å². The molecule has 0 saturated carbocycles. The molecule has 4 nitrogen and oxygen atoms in total. The van der Waals surface area contributed by atoms with Crippen LogP contribution in [0.4, 0.5) is 34.1 Å². The Morgan fingerprint density at radius 2 is 0.500 bits per heavy atom. The summed E-state index contributed by atoms with van der Waals surface area (Å²) < 4.78 is 4.77. The molecule has 0 bridgehead atoms. The Kier molecular flexibility index (Phi) is 12.2. The lowest BCUT2D eigenvalue weighted by Gasteiger charge is -2.26. The minimum Gasteiger partial charge on any atom is -0.310 e. The average Bonchev–Trinajstić information content (AvgIpc) is 3.70. The molecule has 82 heavy (non-hydrogen) atoms. The van der Waals surface area contributed by atoms with E-state index in [0.29, 0.717) is 0 Å². The summed E-state index contributed by atoms with van der Waals surface area (Å²) in [5.41, 5.74) is 23.0. The largest absolute Gasteiger partial charge is 0.310 e. The first kappa shape index (κ1) is 48.2. The van der Waals surface area contributed by atoms with Gasteiger partial charge in [-0.3, -0.25) is 0 Å². The zero-order chi connectivity index (χ0) is 54.3. The van der Waals surface area contributed by atoms with Crippen molar-refractivity contribution in [3.8, 4) is 55.9 Å². The van der Waals surface area contributed by atoms with Gasteiger partial charge in [-0.2, -0.15) is 0 Å². The molecule has 0 spiro atoms. The van der Waals surface area contributed by atoms with Gasteiger partial charge in [0.05, 0.1) is 22.1 Å². The average molecular weight is 1050 g/mol. The molecular weight excluding hydrogens is 993 g/mol. The van der Waals surface area contributed by atoms with Crippen LogP contribution in [0, 0.1) is 0 Å². The Bertz CT molecular complexity index is 4450. The summed E-state index contributed by atoms with van der Waals surface area (Å²) in [6, 6.07) is 119. The zero-order valence-electron chi connectivity index (χ0n) is 45.0. The molecule has 0 N–H and O–H groups in total. The summed E-state index contributed by atoms with van der Waals surface area (Å²) >= 11 is 0. The van der Waals surface area contributed by atoms with Gasteiger partial charge in [0.2, 0.25) is 0 Å². The molecule has 2 aromatic heterocycles. The molecule has 4 heteroatoms. The summed E-state index contributed by atoms with van der Waals surface area (Å²) in [6.07, 6.45) is 0. The minimum absolute atomic E-state index is 1.09. The summed E-state index contributed by atoms with van der Waals surface area (Å²) in [6.45, 7) is 0. The highest BCUT2D eigenvalue weighted by Gasteiger charge is 2.21. The molecule has 15 aromatic rings. The van der Waals surface area contributed by atoms with Crippen molar-refractivity contribution in [3.63, 3.8) is 0 Å². The molecule has 0 fully saturated rings. The second kappa shape index (κ2) is 20.7. The van der Waals surface area contributed by atoms with Gasteiger partial charge in [0.25, 0.3) is 0 Å². The van der Waals surface area contributed by atoms with E-state index in [2.05, 4.69) is 347 Å². The molecule has 15 rings (SSSR count). The number of rotatable bonds is 12. The standard InChI is InChI=1S/C78H54N4/c1-5-23-61(24-6-1)79(65-49-45-57(46-50-65)69-35-19-39-75-77(69)71-33-13-15-37-73(71)81(75)63-27-9-3-10-28-63)67-31-17-21-59(53-67)55-41-43-56(44-42-55)60-22-18-32-68(54-60)80(62-25-7-2-8-26-62)66-51-47-58(48-52-66)70-36-20-40-76-78(70)72-34-14-16-38-74(72)82(76)64-29-11-4-12-30-64/h1-54H. The van der Waals surface area contributed by atoms with Crippen LogP contribution in [-0.4, -0.2) is 9.13 Å². The van der Waals surface area contributed by atoms with Gasteiger partial charge in [-0.15, -0.1) is 0 Å². The molecule has 0 aliphatic carbocycles. The Balaban J connectivity index is 0.730. The van der Waals surface area contributed by atoms with Crippen LogP contribution in [0.5, 0.6) is 0 Å². The molecule has 0 atom stereocenters. The Morgan fingerprint density at radius 3 is 0.902 bits per heavy atom. The van der Waals surface area contributed by atoms with Gasteiger partial charge >= 0.3 is 0 Å². The van der Waals surface area contributed by atoms with Crippen molar-refractivity contribution in [2.45, 2.75) is 0 Å². The minimum atomic E-state index is 1.09. The van der Waals surface area contributed by atoms with Gasteiger partial charge in [0.1, 0.15) is 0 Å². The van der Waals surface area contributed by atoms with Crippen molar-refractivity contribution in [2.75, 3.05) is 9.80 Å². The number of anilines is 6. The SMILES string of the molecule is c1ccc(N(c2ccc(-c3cccc4c3c3ccccc3n4-c3ccccc3)cc2)c2cccc(-c3ccc(-c4cccc(N(c5ccccc5)c5ccc(-c6cccc7c6c6ccccc6n7-c6ccccc6)cc5)c4)cc3)c2)cc1. The normalized spacial score (nSPS) is 11.4. The van der Waals surface area contributed by atoms with Crippen molar-refractivity contribution in [2.24, 2.45) is 0 Å². The molecule has 0 aliphatic heterocycles. The predicted molar refractivity (Wildman–Crippen MR) is 346 cm³/mol. The van der Waals surface area contributed by atoms with E-state index in [0.717, 1.165) is 67.8 Å². The van der Waals surface area contributed by atoms with Crippen molar-refractivity contribution in [1.82, 2.24) is 9.13 Å². The zero-order valence-corrected chi connectivity index (χ0v) is 45.0. The van der Waals surface area contributed by atoms with Gasteiger partial charge in [-0.25, -0.2) is 0 Å². The van der Waals surface area contributed by atoms with E-state index in [4.69, 9.17) is 0 Å². The van der Waals surface area contributed by atoms with E-state index < -0.39 is 0 Å². The highest BCUT2D eigenvalue weighted by atomic mass is 15.1. The Hall–Kier alpha value is -10.9. The topological polar surface area (TPSA) is 16.3 Å². The lowest BCUT2D eigenvalue weighted by Crippen LogP contribution is -2.09. The molecule has 13 aromatic carbocycles. The quantitative estimate of drug-likeness (QED) is 0.121. The highest BCUT2D eigenvalue weighted by molar-refractivity contribution is 6.17. The molecular formula is C78H54N4. The van der Waals surface area contributed by atoms with Gasteiger partial charge in [-0.1, -0.05) is 206 Å². The third-order valence-electron chi connectivity index (χ3n) is 16.1. The number of fused-ring (bicyclic) bond motifs is 6. The molecule has 0 amide bonds. The number of hydrogen-bond acceptors (Lipinski definition) is 2. The fourth-order valence-electron chi connectivity index (χ4n) is 12.4. The van der Waals surface area contributed by atoms with Crippen molar-refractivity contribution in [3.05, 3.63) is 328 Å². The van der Waals surface area contributed by atoms with E-state index in [9.17, 15) is 0 Å². The Morgan fingerprint density at radius 1 is 0.195 bits per heavy atom. The molecule has 0 unspecified atom stereocenters. The van der Waals surface area contributed by atoms with E-state index in [1.807, 2.05) is 0 Å². The fourth-order valence-corrected chi connectivity index (χ4v) is 12.4. The van der Waals surface area contributed by atoms with Crippen molar-refractivity contribution < 1.29 is 0 Å². The summed E-state index contributed by atoms with van der Waals surface area (Å²) in [4.78, 5) is 4.71. The lowest BCUT2D eigenvalue weighted by atomic mass is 9.98. The van der Waals surface area contributed by atoms with E-state index in [1.54, 1.807) is 0 Å². The highest BCUT2D eigenvalue weighted by Crippen LogP contribution is 2.44. The van der Waals surface area contributed by atoms with Crippen LogP contribution in [0.1, 0.15) is 0 Å². The lowest BCUT2D eigenvalue weighted by molar-refractivity contribution is 1.18. The van der Waals surface area contributed by atoms with E-state index in [1.165, 1.54) is 65.9 Å². The number of aromatic nitrogens is 2. The predicted octanol–water partition coefficient (Wildman–Crippen LogP) is 21.5. The van der Waals surface area contributed by atoms with Crippen LogP contribution in [-0.2, 0) is 0 Å². The first-order valence-corrected chi connectivity index (χ1v) is 28.1. The third kappa shape index (κ3) is 8.58. The maximum absolute atomic E-state index is 2.38. The molecule has 2 heterocycles. The van der Waals surface area contributed by atoms with Gasteiger partial charge in [0.15, 0.2) is 0 Å².